The van der Waals surface area contributed by atoms with Crippen LogP contribution in [-0.4, -0.2) is 41.6 Å². The molecular formula is C7H13F2NO2S. The lowest BCUT2D eigenvalue weighted by molar-refractivity contribution is -0.164. The Balaban J connectivity index is 3.80. The lowest BCUT2D eigenvalue weighted by atomic mass is 10.3. The van der Waals surface area contributed by atoms with Crippen molar-refractivity contribution in [2.45, 2.75) is 18.9 Å². The highest BCUT2D eigenvalue weighted by Gasteiger charge is 2.38. The third-order valence-corrected chi connectivity index (χ3v) is 2.24. The Hall–Kier alpha value is -0.360. The number of carboxylic acids is 1. The number of aliphatic carboxylic acids is 1. The van der Waals surface area contributed by atoms with Crippen molar-refractivity contribution in [3.8, 4) is 0 Å². The monoisotopic (exact) mass is 213 g/mol. The highest BCUT2D eigenvalue weighted by molar-refractivity contribution is 7.98. The molecule has 0 aromatic heterocycles. The third kappa shape index (κ3) is 5.05. The van der Waals surface area contributed by atoms with Gasteiger partial charge >= 0.3 is 11.9 Å². The van der Waals surface area contributed by atoms with Crippen LogP contribution in [0.1, 0.15) is 6.92 Å². The van der Waals surface area contributed by atoms with E-state index in [1.807, 2.05) is 6.26 Å². The summed E-state index contributed by atoms with van der Waals surface area (Å²) in [5.74, 6) is -5.08. The zero-order valence-corrected chi connectivity index (χ0v) is 8.33. The number of alkyl halides is 2. The summed E-state index contributed by atoms with van der Waals surface area (Å²) in [6.45, 7) is 0.915. The topological polar surface area (TPSA) is 49.3 Å². The summed E-state index contributed by atoms with van der Waals surface area (Å²) in [7, 11) is 0. The maximum Gasteiger partial charge on any atom is 0.375 e. The predicted octanol–water partition coefficient (Wildman–Crippen LogP) is 1.05. The second-order valence-electron chi connectivity index (χ2n) is 2.75. The van der Waals surface area contributed by atoms with Gasteiger partial charge in [0.2, 0.25) is 0 Å². The Morgan fingerprint density at radius 3 is 2.62 bits per heavy atom. The van der Waals surface area contributed by atoms with Crippen molar-refractivity contribution in [2.24, 2.45) is 0 Å². The summed E-state index contributed by atoms with van der Waals surface area (Å²) >= 11 is 1.51. The van der Waals surface area contributed by atoms with Crippen molar-refractivity contribution >= 4 is 17.7 Å². The van der Waals surface area contributed by atoms with E-state index in [0.717, 1.165) is 0 Å². The molecule has 6 heteroatoms. The largest absolute Gasteiger partial charge is 0.477 e. The van der Waals surface area contributed by atoms with Crippen LogP contribution in [0.3, 0.4) is 0 Å². The predicted molar refractivity (Wildman–Crippen MR) is 48.4 cm³/mol. The molecule has 0 amide bonds. The standard InChI is InChI=1S/C7H13F2NO2S/c1-5(3-13-2)10-4-7(8,9)6(11)12/h5,10H,3-4H2,1-2H3,(H,11,12). The molecule has 1 atom stereocenters. The van der Waals surface area contributed by atoms with Crippen molar-refractivity contribution in [1.82, 2.24) is 5.32 Å². The molecule has 3 nitrogen and oxygen atoms in total. The van der Waals surface area contributed by atoms with E-state index in [0.29, 0.717) is 5.75 Å². The fraction of sp³-hybridized carbons (Fsp3) is 0.857. The van der Waals surface area contributed by atoms with Crippen molar-refractivity contribution in [3.63, 3.8) is 0 Å². The minimum absolute atomic E-state index is 0.111. The molecule has 13 heavy (non-hydrogen) atoms. The quantitative estimate of drug-likeness (QED) is 0.692. The van der Waals surface area contributed by atoms with Crippen LogP contribution in [0.2, 0.25) is 0 Å². The molecule has 0 saturated heterocycles. The Bertz CT molecular complexity index is 178. The molecule has 0 aromatic rings. The molecule has 1 unspecified atom stereocenters. The van der Waals surface area contributed by atoms with E-state index < -0.39 is 18.4 Å². The van der Waals surface area contributed by atoms with Crippen LogP contribution in [-0.2, 0) is 4.79 Å². The van der Waals surface area contributed by atoms with Gasteiger partial charge in [0.05, 0.1) is 6.54 Å². The van der Waals surface area contributed by atoms with E-state index in [9.17, 15) is 13.6 Å². The molecular weight excluding hydrogens is 200 g/mol. The van der Waals surface area contributed by atoms with E-state index in [4.69, 9.17) is 5.11 Å². The number of hydrogen-bond donors (Lipinski definition) is 2. The van der Waals surface area contributed by atoms with Gasteiger partial charge in [-0.25, -0.2) is 4.79 Å². The molecule has 0 spiro atoms. The van der Waals surface area contributed by atoms with Crippen LogP contribution in [0.4, 0.5) is 8.78 Å². The first-order valence-electron chi connectivity index (χ1n) is 3.73. The van der Waals surface area contributed by atoms with Gasteiger partial charge in [-0.05, 0) is 13.2 Å². The maximum atomic E-state index is 12.5. The SMILES string of the molecule is CSCC(C)NCC(F)(F)C(=O)O. The van der Waals surface area contributed by atoms with Gasteiger partial charge in [-0.2, -0.15) is 20.5 Å². The summed E-state index contributed by atoms with van der Waals surface area (Å²) in [5.41, 5.74) is 0. The molecule has 0 radical (unpaired) electrons. The lowest BCUT2D eigenvalue weighted by Crippen LogP contribution is -2.43. The average Bonchev–Trinajstić information content (AvgIpc) is 2.01. The molecule has 0 rings (SSSR count). The molecule has 0 aromatic carbocycles. The number of nitrogens with one attached hydrogen (secondary N) is 1. The number of thioether (sulfide) groups is 1. The van der Waals surface area contributed by atoms with Gasteiger partial charge in [0.25, 0.3) is 0 Å². The summed E-state index contributed by atoms with van der Waals surface area (Å²) < 4.78 is 25.0. The number of halogens is 2. The van der Waals surface area contributed by atoms with Crippen LogP contribution in [0.5, 0.6) is 0 Å². The second kappa shape index (κ2) is 5.39. The molecule has 0 fully saturated rings. The van der Waals surface area contributed by atoms with Crippen molar-refractivity contribution in [1.29, 1.82) is 0 Å². The minimum Gasteiger partial charge on any atom is -0.477 e. The van der Waals surface area contributed by atoms with Gasteiger partial charge in [-0.15, -0.1) is 0 Å². The van der Waals surface area contributed by atoms with Crippen LogP contribution >= 0.6 is 11.8 Å². The van der Waals surface area contributed by atoms with Gasteiger partial charge in [0, 0.05) is 11.8 Å². The summed E-state index contributed by atoms with van der Waals surface area (Å²) in [6, 6.07) is -0.111. The van der Waals surface area contributed by atoms with Gasteiger partial charge in [0.15, 0.2) is 0 Å². The maximum absolute atomic E-state index is 12.5. The van der Waals surface area contributed by atoms with Gasteiger partial charge in [-0.3, -0.25) is 0 Å². The summed E-state index contributed by atoms with van der Waals surface area (Å²) in [6.07, 6.45) is 1.85. The zero-order valence-electron chi connectivity index (χ0n) is 7.51. The van der Waals surface area contributed by atoms with E-state index in [2.05, 4.69) is 5.32 Å². The van der Waals surface area contributed by atoms with Crippen molar-refractivity contribution in [3.05, 3.63) is 0 Å². The van der Waals surface area contributed by atoms with E-state index in [-0.39, 0.29) is 6.04 Å². The van der Waals surface area contributed by atoms with Gasteiger partial charge in [-0.1, -0.05) is 0 Å². The molecule has 0 bridgehead atoms. The average molecular weight is 213 g/mol. The third-order valence-electron chi connectivity index (χ3n) is 1.40. The van der Waals surface area contributed by atoms with Crippen LogP contribution in [0.25, 0.3) is 0 Å². The molecule has 0 aliphatic heterocycles. The molecule has 0 heterocycles. The summed E-state index contributed by atoms with van der Waals surface area (Å²) in [5, 5.41) is 10.5. The molecule has 0 aliphatic rings. The molecule has 78 valence electrons. The number of hydrogen-bond acceptors (Lipinski definition) is 3. The van der Waals surface area contributed by atoms with E-state index in [1.165, 1.54) is 11.8 Å². The number of rotatable bonds is 6. The number of carbonyl (C=O) groups is 1. The van der Waals surface area contributed by atoms with Gasteiger partial charge < -0.3 is 10.4 Å². The minimum atomic E-state index is -3.67. The first-order valence-corrected chi connectivity index (χ1v) is 5.13. The second-order valence-corrected chi connectivity index (χ2v) is 3.66. The molecule has 0 saturated carbocycles. The van der Waals surface area contributed by atoms with Crippen LogP contribution < -0.4 is 5.32 Å². The Morgan fingerprint density at radius 2 is 2.23 bits per heavy atom. The zero-order chi connectivity index (χ0) is 10.5. The first-order chi connectivity index (χ1) is 5.90. The fourth-order valence-corrected chi connectivity index (χ4v) is 1.30. The Kier molecular flexibility index (Phi) is 5.24. The fourth-order valence-electron chi connectivity index (χ4n) is 0.687. The van der Waals surface area contributed by atoms with Gasteiger partial charge in [0.1, 0.15) is 0 Å². The Morgan fingerprint density at radius 1 is 1.69 bits per heavy atom. The smallest absolute Gasteiger partial charge is 0.375 e. The highest BCUT2D eigenvalue weighted by atomic mass is 32.2. The van der Waals surface area contributed by atoms with Crippen molar-refractivity contribution in [2.75, 3.05) is 18.6 Å². The molecule has 0 aliphatic carbocycles. The van der Waals surface area contributed by atoms with Crippen LogP contribution in [0, 0.1) is 0 Å². The van der Waals surface area contributed by atoms with E-state index >= 15 is 0 Å². The molecule has 2 N–H and O–H groups in total. The lowest BCUT2D eigenvalue weighted by Gasteiger charge is -2.16. The highest BCUT2D eigenvalue weighted by Crippen LogP contribution is 2.12. The first kappa shape index (κ1) is 12.6. The number of carboxylic acid groups (broad SMARTS) is 1. The van der Waals surface area contributed by atoms with E-state index in [1.54, 1.807) is 6.92 Å². The normalized spacial score (nSPS) is 14.2. The summed E-state index contributed by atoms with van der Waals surface area (Å²) in [4.78, 5) is 10.00. The van der Waals surface area contributed by atoms with Crippen molar-refractivity contribution < 1.29 is 18.7 Å². The Labute approximate surface area is 79.9 Å². The van der Waals surface area contributed by atoms with Crippen LogP contribution in [0.15, 0.2) is 0 Å².